The second kappa shape index (κ2) is 6.02. The number of halogens is 1. The fraction of sp³-hybridized carbons (Fsp3) is 0.182. The molecule has 0 bridgehead atoms. The zero-order valence-electron chi connectivity index (χ0n) is 9.43. The second-order valence-corrected chi connectivity index (χ2v) is 4.05. The van der Waals surface area contributed by atoms with Gasteiger partial charge in [0.1, 0.15) is 0 Å². The third-order valence-corrected chi connectivity index (χ3v) is 2.39. The summed E-state index contributed by atoms with van der Waals surface area (Å²) in [6.45, 7) is -0.464. The number of rotatable bonds is 6. The maximum atomic E-state index is 11.0. The molecule has 0 saturated carbocycles. The summed E-state index contributed by atoms with van der Waals surface area (Å²) in [5, 5.41) is 0.370. The SMILES string of the molecule is NC(=O)CN(CC(N)=O)c1cc(Cl)ccc1C=O. The van der Waals surface area contributed by atoms with Gasteiger partial charge < -0.3 is 16.4 Å². The van der Waals surface area contributed by atoms with Crippen LogP contribution in [0.1, 0.15) is 10.4 Å². The van der Waals surface area contributed by atoms with Crippen molar-refractivity contribution in [2.45, 2.75) is 0 Å². The number of hydrogen-bond acceptors (Lipinski definition) is 4. The summed E-state index contributed by atoms with van der Waals surface area (Å²) in [5.41, 5.74) is 10.8. The Morgan fingerprint density at radius 2 is 1.78 bits per heavy atom. The fourth-order valence-corrected chi connectivity index (χ4v) is 1.66. The van der Waals surface area contributed by atoms with E-state index in [1.54, 1.807) is 0 Å². The van der Waals surface area contributed by atoms with Gasteiger partial charge in [-0.3, -0.25) is 14.4 Å². The molecule has 0 aliphatic rings. The van der Waals surface area contributed by atoms with E-state index in [4.69, 9.17) is 23.1 Å². The van der Waals surface area contributed by atoms with Crippen molar-refractivity contribution in [2.24, 2.45) is 11.5 Å². The van der Waals surface area contributed by atoms with Crippen LogP contribution < -0.4 is 16.4 Å². The zero-order chi connectivity index (χ0) is 13.7. The van der Waals surface area contributed by atoms with E-state index in [1.807, 2.05) is 0 Å². The highest BCUT2D eigenvalue weighted by molar-refractivity contribution is 6.31. The van der Waals surface area contributed by atoms with Crippen LogP contribution in [0, 0.1) is 0 Å². The molecule has 1 aromatic rings. The van der Waals surface area contributed by atoms with Crippen molar-refractivity contribution in [2.75, 3.05) is 18.0 Å². The van der Waals surface area contributed by atoms with E-state index in [-0.39, 0.29) is 13.1 Å². The fourth-order valence-electron chi connectivity index (χ4n) is 1.49. The molecule has 1 aromatic carbocycles. The Labute approximate surface area is 108 Å². The van der Waals surface area contributed by atoms with Gasteiger partial charge in [0.05, 0.1) is 13.1 Å². The highest BCUT2D eigenvalue weighted by Crippen LogP contribution is 2.23. The van der Waals surface area contributed by atoms with Crippen molar-refractivity contribution < 1.29 is 14.4 Å². The quantitative estimate of drug-likeness (QED) is 0.705. The first-order chi connectivity index (χ1) is 8.43. The minimum Gasteiger partial charge on any atom is -0.368 e. The molecule has 0 aliphatic carbocycles. The number of nitrogens with two attached hydrogens (primary N) is 2. The molecule has 0 heterocycles. The Morgan fingerprint density at radius 3 is 2.22 bits per heavy atom. The minimum absolute atomic E-state index is 0.232. The highest BCUT2D eigenvalue weighted by atomic mass is 35.5. The molecule has 0 aliphatic heterocycles. The van der Waals surface area contributed by atoms with Gasteiger partial charge in [0.25, 0.3) is 0 Å². The largest absolute Gasteiger partial charge is 0.368 e. The van der Waals surface area contributed by atoms with E-state index in [2.05, 4.69) is 0 Å². The topological polar surface area (TPSA) is 106 Å². The van der Waals surface area contributed by atoms with Crippen molar-refractivity contribution >= 4 is 35.4 Å². The van der Waals surface area contributed by atoms with Crippen LogP contribution in [0.15, 0.2) is 18.2 Å². The summed E-state index contributed by atoms with van der Waals surface area (Å²) < 4.78 is 0. The zero-order valence-corrected chi connectivity index (χ0v) is 10.2. The number of hydrogen-bond donors (Lipinski definition) is 2. The van der Waals surface area contributed by atoms with Gasteiger partial charge in [-0.1, -0.05) is 11.6 Å². The Balaban J connectivity index is 3.17. The lowest BCUT2D eigenvalue weighted by Crippen LogP contribution is -2.40. The summed E-state index contributed by atoms with van der Waals surface area (Å²) >= 11 is 5.82. The van der Waals surface area contributed by atoms with E-state index in [0.717, 1.165) is 0 Å². The Hall–Kier alpha value is -2.08. The molecule has 1 rings (SSSR count). The van der Waals surface area contributed by atoms with Crippen molar-refractivity contribution in [3.63, 3.8) is 0 Å². The second-order valence-electron chi connectivity index (χ2n) is 3.61. The molecule has 0 atom stereocenters. The molecule has 2 amide bonds. The van der Waals surface area contributed by atoms with Crippen LogP contribution in [-0.4, -0.2) is 31.2 Å². The van der Waals surface area contributed by atoms with Crippen molar-refractivity contribution in [1.82, 2.24) is 0 Å². The van der Waals surface area contributed by atoms with Crippen LogP contribution in [0.3, 0.4) is 0 Å². The summed E-state index contributed by atoms with van der Waals surface area (Å²) in [7, 11) is 0. The van der Waals surface area contributed by atoms with Crippen molar-refractivity contribution in [1.29, 1.82) is 0 Å². The van der Waals surface area contributed by atoms with E-state index < -0.39 is 11.8 Å². The maximum Gasteiger partial charge on any atom is 0.236 e. The van der Waals surface area contributed by atoms with Crippen LogP contribution in [0.4, 0.5) is 5.69 Å². The van der Waals surface area contributed by atoms with E-state index >= 15 is 0 Å². The minimum atomic E-state index is -0.645. The van der Waals surface area contributed by atoms with Crippen LogP contribution >= 0.6 is 11.6 Å². The predicted octanol–water partition coefficient (Wildman–Crippen LogP) is -0.0705. The normalized spacial score (nSPS) is 9.83. The van der Waals surface area contributed by atoms with E-state index in [1.165, 1.54) is 23.1 Å². The third kappa shape index (κ3) is 3.74. The number of carbonyl (C=O) groups excluding carboxylic acids is 3. The first-order valence-electron chi connectivity index (χ1n) is 5.00. The molecule has 0 aromatic heterocycles. The number of amides is 2. The maximum absolute atomic E-state index is 11.0. The molecular weight excluding hydrogens is 258 g/mol. The first kappa shape index (κ1) is 14.0. The number of benzene rings is 1. The van der Waals surface area contributed by atoms with Gasteiger partial charge in [-0.15, -0.1) is 0 Å². The van der Waals surface area contributed by atoms with E-state index in [0.29, 0.717) is 22.6 Å². The van der Waals surface area contributed by atoms with Gasteiger partial charge in [-0.05, 0) is 18.2 Å². The average Bonchev–Trinajstić information content (AvgIpc) is 2.26. The molecule has 0 unspecified atom stereocenters. The lowest BCUT2D eigenvalue weighted by molar-refractivity contribution is -0.117. The lowest BCUT2D eigenvalue weighted by atomic mass is 10.1. The summed E-state index contributed by atoms with van der Waals surface area (Å²) in [6, 6.07) is 4.48. The molecule has 0 radical (unpaired) electrons. The number of nitrogens with zero attached hydrogens (tertiary/aromatic N) is 1. The standard InChI is InChI=1S/C11H12ClN3O3/c12-8-2-1-7(6-16)9(3-8)15(4-10(13)17)5-11(14)18/h1-3,6H,4-5H2,(H2,13,17)(H2,14,18). The lowest BCUT2D eigenvalue weighted by Gasteiger charge is -2.23. The molecule has 0 fully saturated rings. The molecule has 0 spiro atoms. The Morgan fingerprint density at radius 1 is 1.22 bits per heavy atom. The van der Waals surface area contributed by atoms with Gasteiger partial charge in [0.15, 0.2) is 6.29 Å². The monoisotopic (exact) mass is 269 g/mol. The predicted molar refractivity (Wildman–Crippen MR) is 67.4 cm³/mol. The average molecular weight is 270 g/mol. The van der Waals surface area contributed by atoms with Gasteiger partial charge >= 0.3 is 0 Å². The molecule has 0 saturated heterocycles. The van der Waals surface area contributed by atoms with Gasteiger partial charge in [-0.2, -0.15) is 0 Å². The molecule has 7 heteroatoms. The highest BCUT2D eigenvalue weighted by Gasteiger charge is 2.16. The number of primary amides is 2. The number of aldehydes is 1. The van der Waals surface area contributed by atoms with E-state index in [9.17, 15) is 14.4 Å². The first-order valence-corrected chi connectivity index (χ1v) is 5.38. The van der Waals surface area contributed by atoms with Gasteiger partial charge in [0.2, 0.25) is 11.8 Å². The number of anilines is 1. The summed E-state index contributed by atoms with van der Waals surface area (Å²) in [5.74, 6) is -1.29. The number of carbonyl (C=O) groups is 3. The summed E-state index contributed by atoms with van der Waals surface area (Å²) in [6.07, 6.45) is 0.598. The van der Waals surface area contributed by atoms with Crippen LogP contribution in [0.5, 0.6) is 0 Å². The van der Waals surface area contributed by atoms with Crippen molar-refractivity contribution in [3.8, 4) is 0 Å². The van der Waals surface area contributed by atoms with Crippen LogP contribution in [-0.2, 0) is 9.59 Å². The van der Waals surface area contributed by atoms with Crippen molar-refractivity contribution in [3.05, 3.63) is 28.8 Å². The molecule has 96 valence electrons. The van der Waals surface area contributed by atoms with Gasteiger partial charge in [0, 0.05) is 16.3 Å². The van der Waals surface area contributed by atoms with Crippen LogP contribution in [0.2, 0.25) is 5.02 Å². The Bertz CT molecular complexity index is 474. The molecular formula is C11H12ClN3O3. The smallest absolute Gasteiger partial charge is 0.236 e. The third-order valence-electron chi connectivity index (χ3n) is 2.15. The molecule has 6 nitrogen and oxygen atoms in total. The Kier molecular flexibility index (Phi) is 4.67. The summed E-state index contributed by atoms with van der Waals surface area (Å²) in [4.78, 5) is 34.1. The van der Waals surface area contributed by atoms with Crippen LogP contribution in [0.25, 0.3) is 0 Å². The molecule has 18 heavy (non-hydrogen) atoms. The van der Waals surface area contributed by atoms with Gasteiger partial charge in [-0.25, -0.2) is 0 Å². The molecule has 4 N–H and O–H groups in total.